The Morgan fingerprint density at radius 3 is 2.26 bits per heavy atom. The zero-order valence-electron chi connectivity index (χ0n) is 12.8. The molecule has 2 N–H and O–H groups in total. The number of nitrogens with two attached hydrogens (primary N) is 1. The van der Waals surface area contributed by atoms with Crippen LogP contribution in [0.4, 0.5) is 0 Å². The van der Waals surface area contributed by atoms with Crippen molar-refractivity contribution < 1.29 is 4.79 Å². The van der Waals surface area contributed by atoms with Gasteiger partial charge in [-0.15, -0.1) is 0 Å². The van der Waals surface area contributed by atoms with Crippen molar-refractivity contribution in [3.8, 4) is 0 Å². The maximum Gasteiger partial charge on any atom is 0.227 e. The van der Waals surface area contributed by atoms with E-state index in [0.29, 0.717) is 23.8 Å². The molecule has 2 saturated carbocycles. The zero-order chi connectivity index (χ0) is 14.0. The predicted octanol–water partition coefficient (Wildman–Crippen LogP) is 2.79. The van der Waals surface area contributed by atoms with Gasteiger partial charge in [-0.2, -0.15) is 0 Å². The Labute approximate surface area is 117 Å². The van der Waals surface area contributed by atoms with Crippen LogP contribution in [0.25, 0.3) is 0 Å². The zero-order valence-corrected chi connectivity index (χ0v) is 12.8. The average molecular weight is 266 g/mol. The molecule has 5 unspecified atom stereocenters. The van der Waals surface area contributed by atoms with E-state index in [2.05, 4.69) is 13.8 Å². The average Bonchev–Trinajstić information content (AvgIpc) is 2.38. The number of carbonyl (C=O) groups is 1. The van der Waals surface area contributed by atoms with Crippen molar-refractivity contribution in [3.63, 3.8) is 0 Å². The predicted molar refractivity (Wildman–Crippen MR) is 78.7 cm³/mol. The number of hydrogen-bond donors (Lipinski definition) is 1. The highest BCUT2D eigenvalue weighted by molar-refractivity contribution is 5.80. The Hall–Kier alpha value is -0.570. The fourth-order valence-electron chi connectivity index (χ4n) is 4.15. The van der Waals surface area contributed by atoms with Crippen LogP contribution in [0.15, 0.2) is 0 Å². The smallest absolute Gasteiger partial charge is 0.227 e. The topological polar surface area (TPSA) is 46.3 Å². The minimum absolute atomic E-state index is 0.0490. The largest absolute Gasteiger partial charge is 0.342 e. The quantitative estimate of drug-likeness (QED) is 0.835. The highest BCUT2D eigenvalue weighted by Gasteiger charge is 2.38. The van der Waals surface area contributed by atoms with Gasteiger partial charge in [0.05, 0.1) is 5.92 Å². The second-order valence-electron chi connectivity index (χ2n) is 6.88. The van der Waals surface area contributed by atoms with E-state index in [1.807, 2.05) is 11.9 Å². The molecule has 0 saturated heterocycles. The molecule has 3 nitrogen and oxygen atoms in total. The SMILES string of the molecule is CC1CCCC(N)C1C(=O)N(C)C1CCCCC1C. The highest BCUT2D eigenvalue weighted by Crippen LogP contribution is 2.33. The summed E-state index contributed by atoms with van der Waals surface area (Å²) in [6.45, 7) is 4.48. The highest BCUT2D eigenvalue weighted by atomic mass is 16.2. The van der Waals surface area contributed by atoms with E-state index in [4.69, 9.17) is 5.73 Å². The lowest BCUT2D eigenvalue weighted by Crippen LogP contribution is -2.52. The van der Waals surface area contributed by atoms with E-state index in [-0.39, 0.29) is 12.0 Å². The molecule has 2 aliphatic rings. The fraction of sp³-hybridized carbons (Fsp3) is 0.938. The summed E-state index contributed by atoms with van der Waals surface area (Å²) in [4.78, 5) is 14.8. The number of nitrogens with zero attached hydrogens (tertiary/aromatic N) is 1. The van der Waals surface area contributed by atoms with E-state index in [1.165, 1.54) is 32.1 Å². The van der Waals surface area contributed by atoms with Crippen molar-refractivity contribution in [1.82, 2.24) is 4.90 Å². The Morgan fingerprint density at radius 2 is 1.63 bits per heavy atom. The monoisotopic (exact) mass is 266 g/mol. The molecule has 0 radical (unpaired) electrons. The van der Waals surface area contributed by atoms with Gasteiger partial charge in [0, 0.05) is 19.1 Å². The van der Waals surface area contributed by atoms with Crippen LogP contribution in [0.3, 0.4) is 0 Å². The van der Waals surface area contributed by atoms with Crippen molar-refractivity contribution >= 4 is 5.91 Å². The lowest BCUT2D eigenvalue weighted by molar-refractivity contribution is -0.141. The van der Waals surface area contributed by atoms with Crippen LogP contribution in [-0.4, -0.2) is 29.9 Å². The van der Waals surface area contributed by atoms with E-state index < -0.39 is 0 Å². The van der Waals surface area contributed by atoms with Crippen molar-refractivity contribution in [3.05, 3.63) is 0 Å². The first-order chi connectivity index (χ1) is 9.02. The van der Waals surface area contributed by atoms with E-state index in [9.17, 15) is 4.79 Å². The molecular weight excluding hydrogens is 236 g/mol. The number of carbonyl (C=O) groups excluding carboxylic acids is 1. The molecule has 5 atom stereocenters. The standard InChI is InChI=1S/C16H30N2O/c1-11-7-4-5-10-14(11)18(3)16(19)15-12(2)8-6-9-13(15)17/h11-15H,4-10,17H2,1-3H3. The summed E-state index contributed by atoms with van der Waals surface area (Å²) in [5, 5.41) is 0. The fourth-order valence-corrected chi connectivity index (χ4v) is 4.15. The molecule has 0 heterocycles. The first-order valence-corrected chi connectivity index (χ1v) is 8.04. The maximum absolute atomic E-state index is 12.8. The molecule has 0 aromatic heterocycles. The molecule has 110 valence electrons. The van der Waals surface area contributed by atoms with Crippen molar-refractivity contribution in [2.24, 2.45) is 23.5 Å². The molecule has 0 aromatic carbocycles. The van der Waals surface area contributed by atoms with Crippen LogP contribution in [0, 0.1) is 17.8 Å². The first-order valence-electron chi connectivity index (χ1n) is 8.04. The van der Waals surface area contributed by atoms with E-state index >= 15 is 0 Å². The molecule has 0 spiro atoms. The molecule has 2 rings (SSSR count). The number of hydrogen-bond acceptors (Lipinski definition) is 2. The summed E-state index contributed by atoms with van der Waals surface area (Å²) in [5.74, 6) is 1.43. The maximum atomic E-state index is 12.8. The molecule has 3 heteroatoms. The third-order valence-corrected chi connectivity index (χ3v) is 5.47. The molecule has 1 amide bonds. The van der Waals surface area contributed by atoms with E-state index in [1.54, 1.807) is 0 Å². The minimum atomic E-state index is 0.0490. The Balaban J connectivity index is 2.04. The van der Waals surface area contributed by atoms with Gasteiger partial charge in [-0.1, -0.05) is 33.1 Å². The lowest BCUT2D eigenvalue weighted by Gasteiger charge is -2.41. The van der Waals surface area contributed by atoms with Gasteiger partial charge in [-0.3, -0.25) is 4.79 Å². The van der Waals surface area contributed by atoms with E-state index in [0.717, 1.165) is 12.8 Å². The number of amides is 1. The Kier molecular flexibility index (Phi) is 4.88. The van der Waals surface area contributed by atoms with Gasteiger partial charge in [-0.25, -0.2) is 0 Å². The van der Waals surface area contributed by atoms with Crippen LogP contribution in [0.2, 0.25) is 0 Å². The molecule has 2 fully saturated rings. The van der Waals surface area contributed by atoms with Gasteiger partial charge in [0.25, 0.3) is 0 Å². The lowest BCUT2D eigenvalue weighted by atomic mass is 9.75. The van der Waals surface area contributed by atoms with Crippen LogP contribution >= 0.6 is 0 Å². The normalized spacial score (nSPS) is 39.9. The van der Waals surface area contributed by atoms with Gasteiger partial charge in [0.15, 0.2) is 0 Å². The van der Waals surface area contributed by atoms with Crippen LogP contribution < -0.4 is 5.73 Å². The number of rotatable bonds is 2. The molecular formula is C16H30N2O. The summed E-state index contributed by atoms with van der Waals surface area (Å²) in [6, 6.07) is 0.500. The van der Waals surface area contributed by atoms with Gasteiger partial charge in [0.2, 0.25) is 5.91 Å². The third kappa shape index (κ3) is 3.13. The van der Waals surface area contributed by atoms with Crippen molar-refractivity contribution in [1.29, 1.82) is 0 Å². The Bertz CT molecular complexity index is 308. The van der Waals surface area contributed by atoms with Crippen LogP contribution in [-0.2, 0) is 4.79 Å². The van der Waals surface area contributed by atoms with Crippen molar-refractivity contribution in [2.75, 3.05) is 7.05 Å². The van der Waals surface area contributed by atoms with Crippen LogP contribution in [0.5, 0.6) is 0 Å². The second kappa shape index (κ2) is 6.25. The molecule has 0 aliphatic heterocycles. The summed E-state index contributed by atoms with van der Waals surface area (Å²) in [6.07, 6.45) is 8.34. The molecule has 2 aliphatic carbocycles. The van der Waals surface area contributed by atoms with Crippen molar-refractivity contribution in [2.45, 2.75) is 70.9 Å². The minimum Gasteiger partial charge on any atom is -0.342 e. The third-order valence-electron chi connectivity index (χ3n) is 5.47. The molecule has 19 heavy (non-hydrogen) atoms. The van der Waals surface area contributed by atoms with Gasteiger partial charge >= 0.3 is 0 Å². The molecule has 0 bridgehead atoms. The summed E-state index contributed by atoms with van der Waals surface area (Å²) < 4.78 is 0. The first kappa shape index (κ1) is 14.8. The van der Waals surface area contributed by atoms with Gasteiger partial charge in [0.1, 0.15) is 0 Å². The summed E-state index contributed by atoms with van der Waals surface area (Å²) >= 11 is 0. The summed E-state index contributed by atoms with van der Waals surface area (Å²) in [7, 11) is 2.00. The van der Waals surface area contributed by atoms with Crippen LogP contribution in [0.1, 0.15) is 58.8 Å². The summed E-state index contributed by atoms with van der Waals surface area (Å²) in [5.41, 5.74) is 6.22. The molecule has 0 aromatic rings. The Morgan fingerprint density at radius 1 is 1.00 bits per heavy atom. The van der Waals surface area contributed by atoms with Gasteiger partial charge in [-0.05, 0) is 37.5 Å². The second-order valence-corrected chi connectivity index (χ2v) is 6.88. The van der Waals surface area contributed by atoms with Gasteiger partial charge < -0.3 is 10.6 Å².